The topological polar surface area (TPSA) is 121 Å². The highest BCUT2D eigenvalue weighted by atomic mass is 32.2. The molecule has 2 aromatic carbocycles. The predicted octanol–water partition coefficient (Wildman–Crippen LogP) is 3.02. The van der Waals surface area contributed by atoms with Gasteiger partial charge in [0.15, 0.2) is 0 Å². The Balaban J connectivity index is 2.06. The Morgan fingerprint density at radius 3 is 2.14 bits per heavy atom. The fraction of sp³-hybridized carbons (Fsp3) is 0.211. The van der Waals surface area contributed by atoms with Crippen molar-refractivity contribution in [2.24, 2.45) is 0 Å². The number of fused-ring (bicyclic) bond motifs is 1. The van der Waals surface area contributed by atoms with Crippen LogP contribution < -0.4 is 10.0 Å². The van der Waals surface area contributed by atoms with Crippen molar-refractivity contribution in [2.75, 3.05) is 10.0 Å². The summed E-state index contributed by atoms with van der Waals surface area (Å²) in [4.78, 5) is 19.9. The Morgan fingerprint density at radius 2 is 1.57 bits per heavy atom. The molecule has 3 rings (SSSR count). The van der Waals surface area contributed by atoms with Crippen LogP contribution in [0.25, 0.3) is 11.0 Å². The maximum absolute atomic E-state index is 12.9. The van der Waals surface area contributed by atoms with E-state index in [2.05, 4.69) is 20.0 Å². The van der Waals surface area contributed by atoms with E-state index in [1.165, 1.54) is 37.3 Å². The molecule has 0 saturated carbocycles. The minimum Gasteiger partial charge on any atom is -0.506 e. The number of aromatic hydroxyl groups is 1. The third-order valence-electron chi connectivity index (χ3n) is 4.26. The minimum absolute atomic E-state index is 0.0269. The van der Waals surface area contributed by atoms with Gasteiger partial charge in [0.05, 0.1) is 22.0 Å². The number of amides is 1. The molecule has 0 radical (unpaired) electrons. The fourth-order valence-corrected chi connectivity index (χ4v) is 3.87. The molecular weight excluding hydrogens is 380 g/mol. The molecule has 0 aliphatic carbocycles. The van der Waals surface area contributed by atoms with Crippen molar-refractivity contribution in [3.05, 3.63) is 47.3 Å². The van der Waals surface area contributed by atoms with Crippen molar-refractivity contribution in [1.82, 2.24) is 9.97 Å². The first-order chi connectivity index (χ1) is 13.1. The second-order valence-corrected chi connectivity index (χ2v) is 8.17. The monoisotopic (exact) mass is 400 g/mol. The number of aromatic nitrogens is 2. The van der Waals surface area contributed by atoms with Crippen LogP contribution in [0.5, 0.6) is 5.75 Å². The summed E-state index contributed by atoms with van der Waals surface area (Å²) in [6, 6.07) is 7.25. The van der Waals surface area contributed by atoms with Gasteiger partial charge in [0.25, 0.3) is 10.0 Å². The Kier molecular flexibility index (Phi) is 4.95. The van der Waals surface area contributed by atoms with Gasteiger partial charge in [-0.3, -0.25) is 9.52 Å². The lowest BCUT2D eigenvalue weighted by Gasteiger charge is -2.15. The highest BCUT2D eigenvalue weighted by molar-refractivity contribution is 7.92. The van der Waals surface area contributed by atoms with E-state index in [1.807, 2.05) is 0 Å². The van der Waals surface area contributed by atoms with Gasteiger partial charge in [-0.1, -0.05) is 0 Å². The smallest absolute Gasteiger partial charge is 0.261 e. The lowest BCUT2D eigenvalue weighted by molar-refractivity contribution is -0.114. The number of carbonyl (C=O) groups excluding carboxylic acids is 1. The molecule has 146 valence electrons. The number of hydrogen-bond acceptors (Lipinski definition) is 6. The van der Waals surface area contributed by atoms with Crippen LogP contribution in [-0.4, -0.2) is 29.4 Å². The van der Waals surface area contributed by atoms with Crippen molar-refractivity contribution >= 4 is 38.3 Å². The third kappa shape index (κ3) is 3.74. The summed E-state index contributed by atoms with van der Waals surface area (Å²) in [6.07, 6.45) is 0. The standard InChI is InChI=1S/C19H20N4O4S/c1-10-9-16(25)18-19(21-12(3)11(2)20-18)17(10)23-28(26,27)15-7-5-14(6-8-15)22-13(4)24/h5-9,23,25H,1-4H3,(H,22,24). The second kappa shape index (κ2) is 7.08. The van der Waals surface area contributed by atoms with Gasteiger partial charge in [-0.25, -0.2) is 18.4 Å². The van der Waals surface area contributed by atoms with Gasteiger partial charge in [-0.15, -0.1) is 0 Å². The largest absolute Gasteiger partial charge is 0.506 e. The number of sulfonamides is 1. The zero-order valence-corrected chi connectivity index (χ0v) is 16.7. The zero-order valence-electron chi connectivity index (χ0n) is 15.9. The SMILES string of the molecule is CC(=O)Nc1ccc(S(=O)(=O)Nc2c(C)cc(O)c3nc(C)c(C)nc23)cc1. The molecule has 1 amide bonds. The molecule has 0 bridgehead atoms. The highest BCUT2D eigenvalue weighted by Crippen LogP contribution is 2.33. The summed E-state index contributed by atoms with van der Waals surface area (Å²) in [5.41, 5.74) is 3.06. The van der Waals surface area contributed by atoms with Crippen LogP contribution in [0.1, 0.15) is 23.9 Å². The van der Waals surface area contributed by atoms with Crippen LogP contribution in [0.2, 0.25) is 0 Å². The molecule has 3 aromatic rings. The number of phenols is 1. The van der Waals surface area contributed by atoms with Crippen molar-refractivity contribution in [1.29, 1.82) is 0 Å². The van der Waals surface area contributed by atoms with Crippen LogP contribution in [0.3, 0.4) is 0 Å². The lowest BCUT2D eigenvalue weighted by Crippen LogP contribution is -2.15. The molecule has 0 spiro atoms. The van der Waals surface area contributed by atoms with Crippen molar-refractivity contribution in [3.63, 3.8) is 0 Å². The van der Waals surface area contributed by atoms with Gasteiger partial charge in [-0.2, -0.15) is 0 Å². The summed E-state index contributed by atoms with van der Waals surface area (Å²) in [5, 5.41) is 12.8. The van der Waals surface area contributed by atoms with Gasteiger partial charge < -0.3 is 10.4 Å². The number of rotatable bonds is 4. The first kappa shape index (κ1) is 19.6. The average molecular weight is 400 g/mol. The molecule has 0 atom stereocenters. The van der Waals surface area contributed by atoms with E-state index in [4.69, 9.17) is 0 Å². The number of benzene rings is 2. The molecule has 3 N–H and O–H groups in total. The summed E-state index contributed by atoms with van der Waals surface area (Å²) in [5.74, 6) is -0.310. The van der Waals surface area contributed by atoms with E-state index in [0.717, 1.165) is 0 Å². The number of nitrogens with zero attached hydrogens (tertiary/aromatic N) is 2. The average Bonchev–Trinajstić information content (AvgIpc) is 2.60. The summed E-state index contributed by atoms with van der Waals surface area (Å²) in [6.45, 7) is 6.57. The number of carbonyl (C=O) groups is 1. The number of aryl methyl sites for hydroxylation is 3. The van der Waals surface area contributed by atoms with E-state index < -0.39 is 10.0 Å². The summed E-state index contributed by atoms with van der Waals surface area (Å²) < 4.78 is 28.3. The number of hydrogen-bond donors (Lipinski definition) is 3. The summed E-state index contributed by atoms with van der Waals surface area (Å²) in [7, 11) is -3.92. The normalized spacial score (nSPS) is 11.4. The Bertz CT molecular complexity index is 1190. The summed E-state index contributed by atoms with van der Waals surface area (Å²) >= 11 is 0. The first-order valence-electron chi connectivity index (χ1n) is 8.46. The van der Waals surface area contributed by atoms with E-state index in [1.54, 1.807) is 20.8 Å². The third-order valence-corrected chi connectivity index (χ3v) is 5.62. The number of anilines is 2. The lowest BCUT2D eigenvalue weighted by atomic mass is 10.1. The van der Waals surface area contributed by atoms with Crippen LogP contribution in [0.4, 0.5) is 11.4 Å². The molecule has 0 saturated heterocycles. The molecule has 0 fully saturated rings. The van der Waals surface area contributed by atoms with Crippen molar-refractivity contribution in [3.8, 4) is 5.75 Å². The van der Waals surface area contributed by atoms with Gasteiger partial charge in [0.2, 0.25) is 5.91 Å². The Hall–Kier alpha value is -3.20. The molecule has 28 heavy (non-hydrogen) atoms. The molecule has 9 heteroatoms. The minimum atomic E-state index is -3.92. The predicted molar refractivity (Wildman–Crippen MR) is 107 cm³/mol. The Labute approximate surface area is 162 Å². The molecule has 0 aliphatic heterocycles. The fourth-order valence-electron chi connectivity index (χ4n) is 2.73. The molecule has 0 unspecified atom stereocenters. The van der Waals surface area contributed by atoms with Gasteiger partial charge >= 0.3 is 0 Å². The van der Waals surface area contributed by atoms with Crippen LogP contribution >= 0.6 is 0 Å². The van der Waals surface area contributed by atoms with Crippen LogP contribution in [-0.2, 0) is 14.8 Å². The molecule has 0 aliphatic rings. The molecule has 1 heterocycles. The van der Waals surface area contributed by atoms with E-state index in [-0.39, 0.29) is 33.3 Å². The number of nitrogens with one attached hydrogen (secondary N) is 2. The quantitative estimate of drug-likeness (QED) is 0.579. The van der Waals surface area contributed by atoms with Crippen molar-refractivity contribution in [2.45, 2.75) is 32.6 Å². The van der Waals surface area contributed by atoms with E-state index in [0.29, 0.717) is 22.6 Å². The maximum atomic E-state index is 12.9. The molecular formula is C19H20N4O4S. The van der Waals surface area contributed by atoms with Crippen molar-refractivity contribution < 1.29 is 18.3 Å². The first-order valence-corrected chi connectivity index (χ1v) is 9.95. The Morgan fingerprint density at radius 1 is 1.00 bits per heavy atom. The van der Waals surface area contributed by atoms with Gasteiger partial charge in [-0.05, 0) is 56.7 Å². The van der Waals surface area contributed by atoms with E-state index >= 15 is 0 Å². The zero-order chi connectivity index (χ0) is 20.6. The molecule has 1 aromatic heterocycles. The molecule has 8 nitrogen and oxygen atoms in total. The van der Waals surface area contributed by atoms with Crippen LogP contribution in [0.15, 0.2) is 35.2 Å². The van der Waals surface area contributed by atoms with Gasteiger partial charge in [0, 0.05) is 12.6 Å². The highest BCUT2D eigenvalue weighted by Gasteiger charge is 2.20. The van der Waals surface area contributed by atoms with Crippen LogP contribution in [0, 0.1) is 20.8 Å². The van der Waals surface area contributed by atoms with E-state index in [9.17, 15) is 18.3 Å². The maximum Gasteiger partial charge on any atom is 0.261 e. The number of phenolic OH excluding ortho intramolecular Hbond substituents is 1. The second-order valence-electron chi connectivity index (χ2n) is 6.49. The van der Waals surface area contributed by atoms with Gasteiger partial charge in [0.1, 0.15) is 16.8 Å².